The van der Waals surface area contributed by atoms with Crippen LogP contribution in [0.2, 0.25) is 0 Å². The number of aromatic nitrogens is 1. The molecule has 2 rings (SSSR count). The zero-order chi connectivity index (χ0) is 11.7. The summed E-state index contributed by atoms with van der Waals surface area (Å²) in [5.41, 5.74) is 2.29. The molecule has 0 radical (unpaired) electrons. The van der Waals surface area contributed by atoms with Crippen molar-refractivity contribution in [1.29, 1.82) is 0 Å². The van der Waals surface area contributed by atoms with Crippen LogP contribution in [0.1, 0.15) is 11.3 Å². The third kappa shape index (κ3) is 1.76. The fourth-order valence-corrected chi connectivity index (χ4v) is 1.54. The molecule has 0 fully saturated rings. The van der Waals surface area contributed by atoms with Gasteiger partial charge in [-0.3, -0.25) is 0 Å². The first kappa shape index (κ1) is 10.6. The van der Waals surface area contributed by atoms with E-state index in [2.05, 4.69) is 4.98 Å². The highest BCUT2D eigenvalue weighted by atomic mass is 19.1. The second-order valence-corrected chi connectivity index (χ2v) is 3.74. The SMILES string of the molecule is Cc1cc(O)c(-c2ccccc2F)nc1C. The Kier molecular flexibility index (Phi) is 2.60. The van der Waals surface area contributed by atoms with E-state index in [4.69, 9.17) is 0 Å². The molecule has 1 aromatic carbocycles. The van der Waals surface area contributed by atoms with Crippen LogP contribution in [0.3, 0.4) is 0 Å². The van der Waals surface area contributed by atoms with Crippen molar-refractivity contribution in [1.82, 2.24) is 4.98 Å². The summed E-state index contributed by atoms with van der Waals surface area (Å²) in [6, 6.07) is 7.88. The van der Waals surface area contributed by atoms with Crippen molar-refractivity contribution in [3.8, 4) is 17.0 Å². The molecular formula is C13H12FNO. The molecule has 1 N–H and O–H groups in total. The number of benzene rings is 1. The summed E-state index contributed by atoms with van der Waals surface area (Å²) in [4.78, 5) is 4.21. The quantitative estimate of drug-likeness (QED) is 0.795. The van der Waals surface area contributed by atoms with Crippen molar-refractivity contribution in [2.75, 3.05) is 0 Å². The molecule has 0 saturated heterocycles. The van der Waals surface area contributed by atoms with E-state index in [0.29, 0.717) is 11.3 Å². The lowest BCUT2D eigenvalue weighted by atomic mass is 10.1. The van der Waals surface area contributed by atoms with Gasteiger partial charge in [-0.05, 0) is 37.6 Å². The average molecular weight is 217 g/mol. The standard InChI is InChI=1S/C13H12FNO/c1-8-7-12(16)13(15-9(8)2)10-5-3-4-6-11(10)14/h3-7,16H,1-2H3. The highest BCUT2D eigenvalue weighted by molar-refractivity contribution is 5.67. The molecule has 0 aliphatic heterocycles. The van der Waals surface area contributed by atoms with Gasteiger partial charge in [-0.2, -0.15) is 0 Å². The molecule has 0 aliphatic carbocycles. The minimum atomic E-state index is -0.381. The Morgan fingerprint density at radius 2 is 1.88 bits per heavy atom. The Balaban J connectivity index is 2.65. The van der Waals surface area contributed by atoms with Gasteiger partial charge in [-0.15, -0.1) is 0 Å². The Morgan fingerprint density at radius 3 is 2.56 bits per heavy atom. The lowest BCUT2D eigenvalue weighted by Crippen LogP contribution is -1.93. The Bertz CT molecular complexity index is 537. The second kappa shape index (κ2) is 3.93. The fourth-order valence-electron chi connectivity index (χ4n) is 1.54. The van der Waals surface area contributed by atoms with E-state index in [0.717, 1.165) is 11.3 Å². The van der Waals surface area contributed by atoms with E-state index in [-0.39, 0.29) is 11.6 Å². The van der Waals surface area contributed by atoms with Crippen LogP contribution < -0.4 is 0 Å². The molecule has 0 atom stereocenters. The zero-order valence-corrected chi connectivity index (χ0v) is 9.16. The third-order valence-corrected chi connectivity index (χ3v) is 2.58. The summed E-state index contributed by atoms with van der Waals surface area (Å²) in [6.45, 7) is 3.69. The van der Waals surface area contributed by atoms with E-state index in [1.807, 2.05) is 13.8 Å². The molecule has 0 spiro atoms. The number of rotatable bonds is 1. The molecule has 16 heavy (non-hydrogen) atoms. The van der Waals surface area contributed by atoms with Crippen molar-refractivity contribution >= 4 is 0 Å². The van der Waals surface area contributed by atoms with Crippen molar-refractivity contribution < 1.29 is 9.50 Å². The topological polar surface area (TPSA) is 33.1 Å². The minimum Gasteiger partial charge on any atom is -0.506 e. The molecule has 1 aromatic heterocycles. The monoisotopic (exact) mass is 217 g/mol. The number of pyridine rings is 1. The van der Waals surface area contributed by atoms with Crippen LogP contribution in [0.4, 0.5) is 4.39 Å². The molecule has 0 unspecified atom stereocenters. The first-order chi connectivity index (χ1) is 7.59. The van der Waals surface area contributed by atoms with E-state index >= 15 is 0 Å². The lowest BCUT2D eigenvalue weighted by Gasteiger charge is -2.08. The zero-order valence-electron chi connectivity index (χ0n) is 9.16. The highest BCUT2D eigenvalue weighted by Crippen LogP contribution is 2.30. The number of hydrogen-bond donors (Lipinski definition) is 1. The fraction of sp³-hybridized carbons (Fsp3) is 0.154. The second-order valence-electron chi connectivity index (χ2n) is 3.74. The van der Waals surface area contributed by atoms with E-state index in [9.17, 15) is 9.50 Å². The Labute approximate surface area is 93.4 Å². The van der Waals surface area contributed by atoms with Crippen molar-refractivity contribution in [3.63, 3.8) is 0 Å². The molecular weight excluding hydrogens is 205 g/mol. The first-order valence-electron chi connectivity index (χ1n) is 5.01. The summed E-state index contributed by atoms with van der Waals surface area (Å²) in [7, 11) is 0. The number of nitrogens with zero attached hydrogens (tertiary/aromatic N) is 1. The van der Waals surface area contributed by atoms with Crippen LogP contribution in [0.15, 0.2) is 30.3 Å². The van der Waals surface area contributed by atoms with Crippen LogP contribution in [-0.2, 0) is 0 Å². The van der Waals surface area contributed by atoms with Gasteiger partial charge in [0.05, 0.1) is 0 Å². The number of aryl methyl sites for hydroxylation is 2. The largest absolute Gasteiger partial charge is 0.506 e. The number of aromatic hydroxyl groups is 1. The van der Waals surface area contributed by atoms with E-state index in [1.165, 1.54) is 6.07 Å². The smallest absolute Gasteiger partial charge is 0.142 e. The summed E-state index contributed by atoms with van der Waals surface area (Å²) in [6.07, 6.45) is 0. The summed E-state index contributed by atoms with van der Waals surface area (Å²) in [5.74, 6) is -0.373. The number of hydrogen-bond acceptors (Lipinski definition) is 2. The summed E-state index contributed by atoms with van der Waals surface area (Å²) in [5, 5.41) is 9.76. The third-order valence-electron chi connectivity index (χ3n) is 2.58. The van der Waals surface area contributed by atoms with Crippen molar-refractivity contribution in [2.45, 2.75) is 13.8 Å². The maximum absolute atomic E-state index is 13.5. The molecule has 0 saturated carbocycles. The van der Waals surface area contributed by atoms with Gasteiger partial charge in [0.15, 0.2) is 0 Å². The van der Waals surface area contributed by atoms with Crippen LogP contribution in [0, 0.1) is 19.7 Å². The maximum atomic E-state index is 13.5. The average Bonchev–Trinajstić information content (AvgIpc) is 2.25. The minimum absolute atomic E-state index is 0.00759. The van der Waals surface area contributed by atoms with Gasteiger partial charge in [-0.25, -0.2) is 9.37 Å². The van der Waals surface area contributed by atoms with Gasteiger partial charge in [0.2, 0.25) is 0 Å². The lowest BCUT2D eigenvalue weighted by molar-refractivity contribution is 0.473. The molecule has 0 bridgehead atoms. The van der Waals surface area contributed by atoms with E-state index in [1.54, 1.807) is 24.3 Å². The van der Waals surface area contributed by atoms with Gasteiger partial charge < -0.3 is 5.11 Å². The molecule has 2 aromatic rings. The van der Waals surface area contributed by atoms with E-state index < -0.39 is 0 Å². The Hall–Kier alpha value is -1.90. The predicted octanol–water partition coefficient (Wildman–Crippen LogP) is 3.21. The Morgan fingerprint density at radius 1 is 1.19 bits per heavy atom. The molecule has 82 valence electrons. The van der Waals surface area contributed by atoms with Crippen molar-refractivity contribution in [3.05, 3.63) is 47.4 Å². The summed E-state index contributed by atoms with van der Waals surface area (Å²) >= 11 is 0. The van der Waals surface area contributed by atoms with Crippen LogP contribution >= 0.6 is 0 Å². The highest BCUT2D eigenvalue weighted by Gasteiger charge is 2.11. The predicted molar refractivity (Wildman–Crippen MR) is 60.8 cm³/mol. The van der Waals surface area contributed by atoms with Gasteiger partial charge in [0.25, 0.3) is 0 Å². The number of halogens is 1. The van der Waals surface area contributed by atoms with Gasteiger partial charge in [0.1, 0.15) is 17.3 Å². The summed E-state index contributed by atoms with van der Waals surface area (Å²) < 4.78 is 13.5. The normalized spacial score (nSPS) is 10.4. The molecule has 2 nitrogen and oxygen atoms in total. The molecule has 3 heteroatoms. The van der Waals surface area contributed by atoms with Gasteiger partial charge >= 0.3 is 0 Å². The maximum Gasteiger partial charge on any atom is 0.142 e. The first-order valence-corrected chi connectivity index (χ1v) is 5.01. The molecule has 0 aliphatic rings. The van der Waals surface area contributed by atoms with Crippen LogP contribution in [0.25, 0.3) is 11.3 Å². The molecule has 0 amide bonds. The van der Waals surface area contributed by atoms with Gasteiger partial charge in [-0.1, -0.05) is 12.1 Å². The van der Waals surface area contributed by atoms with Gasteiger partial charge in [0, 0.05) is 11.3 Å². The van der Waals surface area contributed by atoms with Crippen LogP contribution in [0.5, 0.6) is 5.75 Å². The van der Waals surface area contributed by atoms with Crippen molar-refractivity contribution in [2.24, 2.45) is 0 Å². The molecule has 1 heterocycles. The van der Waals surface area contributed by atoms with Crippen LogP contribution in [-0.4, -0.2) is 10.1 Å².